The number of methoxy groups -OCH3 is 1. The fraction of sp³-hybridized carbons (Fsp3) is 0.120. The minimum absolute atomic E-state index is 0.327. The van der Waals surface area contributed by atoms with Crippen molar-refractivity contribution in [1.82, 2.24) is 19.7 Å². The number of nitrogens with zero attached hydrogens (tertiary/aromatic N) is 4. The van der Waals surface area contributed by atoms with Crippen LogP contribution in [0.2, 0.25) is 0 Å². The first-order valence-corrected chi connectivity index (χ1v) is 10.6. The Morgan fingerprint density at radius 1 is 1.12 bits per heavy atom. The average molecular weight is 456 g/mol. The summed E-state index contributed by atoms with van der Waals surface area (Å²) in [6.45, 7) is 1.80. The summed E-state index contributed by atoms with van der Waals surface area (Å²) >= 11 is 0. The SMILES string of the molecule is COc1ccccc1-c1nc2n(n1)[C@H](c1ccc(F)cc1)C(C(=O)Nc1cccnc1)=C(C)N2. The number of fused-ring (bicyclic) bond motifs is 1. The zero-order valence-electron chi connectivity index (χ0n) is 18.5. The van der Waals surface area contributed by atoms with Gasteiger partial charge in [-0.2, -0.15) is 4.98 Å². The Morgan fingerprint density at radius 3 is 2.65 bits per heavy atom. The molecule has 0 aliphatic carbocycles. The maximum Gasteiger partial charge on any atom is 0.255 e. The predicted molar refractivity (Wildman–Crippen MR) is 126 cm³/mol. The summed E-state index contributed by atoms with van der Waals surface area (Å²) in [5.74, 6) is 0.836. The Hall–Kier alpha value is -4.53. The van der Waals surface area contributed by atoms with E-state index >= 15 is 0 Å². The lowest BCUT2D eigenvalue weighted by atomic mass is 9.95. The number of hydrogen-bond donors (Lipinski definition) is 2. The van der Waals surface area contributed by atoms with E-state index in [9.17, 15) is 9.18 Å². The van der Waals surface area contributed by atoms with Gasteiger partial charge in [0.1, 0.15) is 17.6 Å². The number of amides is 1. The van der Waals surface area contributed by atoms with Gasteiger partial charge in [0.2, 0.25) is 5.95 Å². The van der Waals surface area contributed by atoms with Crippen LogP contribution in [0.3, 0.4) is 0 Å². The summed E-state index contributed by atoms with van der Waals surface area (Å²) in [5.41, 5.74) is 3.01. The van der Waals surface area contributed by atoms with Crippen LogP contribution in [-0.2, 0) is 4.79 Å². The van der Waals surface area contributed by atoms with Crippen molar-refractivity contribution in [2.45, 2.75) is 13.0 Å². The lowest BCUT2D eigenvalue weighted by Gasteiger charge is -2.28. The van der Waals surface area contributed by atoms with Crippen LogP contribution in [0.1, 0.15) is 18.5 Å². The van der Waals surface area contributed by atoms with Gasteiger partial charge in [0.25, 0.3) is 5.91 Å². The van der Waals surface area contributed by atoms with E-state index in [1.54, 1.807) is 55.4 Å². The first-order valence-electron chi connectivity index (χ1n) is 10.6. The molecule has 0 radical (unpaired) electrons. The van der Waals surface area contributed by atoms with Crippen LogP contribution in [0, 0.1) is 5.82 Å². The van der Waals surface area contributed by atoms with E-state index in [0.717, 1.165) is 0 Å². The van der Waals surface area contributed by atoms with E-state index < -0.39 is 6.04 Å². The number of ether oxygens (including phenoxy) is 1. The summed E-state index contributed by atoms with van der Waals surface area (Å²) < 4.78 is 20.8. The molecule has 2 aromatic heterocycles. The average Bonchev–Trinajstić information content (AvgIpc) is 3.27. The Kier molecular flexibility index (Phi) is 5.51. The molecule has 1 amide bonds. The van der Waals surface area contributed by atoms with Gasteiger partial charge in [0, 0.05) is 11.9 Å². The van der Waals surface area contributed by atoms with Crippen molar-refractivity contribution in [1.29, 1.82) is 0 Å². The van der Waals surface area contributed by atoms with Gasteiger partial charge in [0.15, 0.2) is 5.82 Å². The highest BCUT2D eigenvalue weighted by Gasteiger charge is 2.34. The second-order valence-electron chi connectivity index (χ2n) is 7.72. The monoisotopic (exact) mass is 456 g/mol. The summed E-state index contributed by atoms with van der Waals surface area (Å²) in [7, 11) is 1.58. The third-order valence-electron chi connectivity index (χ3n) is 5.55. The molecule has 5 rings (SSSR count). The van der Waals surface area contributed by atoms with Gasteiger partial charge in [-0.05, 0) is 48.9 Å². The van der Waals surface area contributed by atoms with Crippen LogP contribution in [0.5, 0.6) is 5.75 Å². The van der Waals surface area contributed by atoms with Crippen molar-refractivity contribution in [2.75, 3.05) is 17.7 Å². The molecule has 1 aliphatic heterocycles. The van der Waals surface area contributed by atoms with Crippen LogP contribution in [0.4, 0.5) is 16.0 Å². The number of hydrogen-bond acceptors (Lipinski definition) is 6. The summed E-state index contributed by atoms with van der Waals surface area (Å²) in [6.07, 6.45) is 3.20. The van der Waals surface area contributed by atoms with Gasteiger partial charge in [-0.25, -0.2) is 9.07 Å². The number of aromatic nitrogens is 4. The molecule has 2 N–H and O–H groups in total. The highest BCUT2D eigenvalue weighted by molar-refractivity contribution is 6.05. The number of rotatable bonds is 5. The number of benzene rings is 2. The fourth-order valence-electron chi connectivity index (χ4n) is 3.98. The van der Waals surface area contributed by atoms with E-state index in [1.165, 1.54) is 12.1 Å². The van der Waals surface area contributed by atoms with Crippen LogP contribution < -0.4 is 15.4 Å². The van der Waals surface area contributed by atoms with Crippen molar-refractivity contribution >= 4 is 17.5 Å². The van der Waals surface area contributed by atoms with Crippen LogP contribution in [-0.4, -0.2) is 32.8 Å². The lowest BCUT2D eigenvalue weighted by Crippen LogP contribution is -2.31. The van der Waals surface area contributed by atoms with Crippen molar-refractivity contribution in [3.8, 4) is 17.1 Å². The number of para-hydroxylation sites is 1. The molecule has 2 aromatic carbocycles. The normalized spacial score (nSPS) is 14.9. The second kappa shape index (κ2) is 8.78. The molecular weight excluding hydrogens is 435 g/mol. The number of pyridine rings is 1. The third-order valence-corrected chi connectivity index (χ3v) is 5.55. The van der Waals surface area contributed by atoms with Gasteiger partial charge in [-0.3, -0.25) is 9.78 Å². The van der Waals surface area contributed by atoms with Crippen molar-refractivity contribution in [2.24, 2.45) is 0 Å². The van der Waals surface area contributed by atoms with Crippen molar-refractivity contribution in [3.63, 3.8) is 0 Å². The molecule has 0 saturated heterocycles. The molecule has 34 heavy (non-hydrogen) atoms. The van der Waals surface area contributed by atoms with Crippen LogP contribution in [0.25, 0.3) is 11.4 Å². The number of halogens is 1. The molecule has 170 valence electrons. The zero-order chi connectivity index (χ0) is 23.7. The first-order chi connectivity index (χ1) is 16.5. The number of nitrogens with one attached hydrogen (secondary N) is 2. The summed E-state index contributed by atoms with van der Waals surface area (Å²) in [4.78, 5) is 22.1. The van der Waals surface area contributed by atoms with Gasteiger partial charge in [-0.1, -0.05) is 24.3 Å². The highest BCUT2D eigenvalue weighted by atomic mass is 19.1. The van der Waals surface area contributed by atoms with Crippen LogP contribution in [0.15, 0.2) is 84.3 Å². The van der Waals surface area contributed by atoms with E-state index in [4.69, 9.17) is 9.84 Å². The molecule has 3 heterocycles. The molecular formula is C25H21FN6O2. The minimum Gasteiger partial charge on any atom is -0.496 e. The third kappa shape index (κ3) is 3.88. The number of allylic oxidation sites excluding steroid dienone is 1. The smallest absolute Gasteiger partial charge is 0.255 e. The number of carbonyl (C=O) groups is 1. The quantitative estimate of drug-likeness (QED) is 0.462. The fourth-order valence-corrected chi connectivity index (χ4v) is 3.98. The highest BCUT2D eigenvalue weighted by Crippen LogP contribution is 2.38. The largest absolute Gasteiger partial charge is 0.496 e. The molecule has 0 fully saturated rings. The van der Waals surface area contributed by atoms with Gasteiger partial charge in [-0.15, -0.1) is 5.10 Å². The Labute approximate surface area is 195 Å². The molecule has 1 atom stereocenters. The van der Waals surface area contributed by atoms with Crippen molar-refractivity contribution in [3.05, 3.63) is 95.7 Å². The maximum atomic E-state index is 13.7. The van der Waals surface area contributed by atoms with Crippen LogP contribution >= 0.6 is 0 Å². The Morgan fingerprint density at radius 2 is 1.91 bits per heavy atom. The summed E-state index contributed by atoms with van der Waals surface area (Å²) in [6, 6.07) is 16.3. The minimum atomic E-state index is -0.635. The topological polar surface area (TPSA) is 94.0 Å². The number of anilines is 2. The Bertz CT molecular complexity index is 1380. The van der Waals surface area contributed by atoms with Gasteiger partial charge < -0.3 is 15.4 Å². The van der Waals surface area contributed by atoms with E-state index in [0.29, 0.717) is 45.6 Å². The first kappa shape index (κ1) is 21.3. The Balaban J connectivity index is 1.62. The van der Waals surface area contributed by atoms with E-state index in [-0.39, 0.29) is 11.7 Å². The zero-order valence-corrected chi connectivity index (χ0v) is 18.5. The number of carbonyl (C=O) groups excluding carboxylic acids is 1. The molecule has 0 saturated carbocycles. The van der Waals surface area contributed by atoms with E-state index in [1.807, 2.05) is 24.3 Å². The van der Waals surface area contributed by atoms with Gasteiger partial charge in [0.05, 0.1) is 30.1 Å². The lowest BCUT2D eigenvalue weighted by molar-refractivity contribution is -0.113. The molecule has 0 bridgehead atoms. The maximum absolute atomic E-state index is 13.7. The molecule has 0 spiro atoms. The summed E-state index contributed by atoms with van der Waals surface area (Å²) in [5, 5.41) is 10.8. The molecule has 8 nitrogen and oxygen atoms in total. The molecule has 0 unspecified atom stereocenters. The van der Waals surface area contributed by atoms with Gasteiger partial charge >= 0.3 is 0 Å². The molecule has 9 heteroatoms. The predicted octanol–water partition coefficient (Wildman–Crippen LogP) is 4.42. The molecule has 4 aromatic rings. The molecule has 1 aliphatic rings. The van der Waals surface area contributed by atoms with E-state index in [2.05, 4.69) is 20.6 Å². The van der Waals surface area contributed by atoms with Crippen molar-refractivity contribution < 1.29 is 13.9 Å². The second-order valence-corrected chi connectivity index (χ2v) is 7.72. The standard InChI is InChI=1S/C25H21FN6O2/c1-15-21(24(33)29-18-6-5-13-27-14-18)22(16-9-11-17(26)12-10-16)32-25(28-15)30-23(31-32)19-7-3-4-8-20(19)34-2/h3-14,22H,1-2H3,(H,29,33)(H,28,30,31)/t22-/m1/s1.